The first kappa shape index (κ1) is 18.0. The normalized spacial score (nSPS) is 21.7. The highest BCUT2D eigenvalue weighted by Crippen LogP contribution is 2.33. The first-order chi connectivity index (χ1) is 14.2. The van der Waals surface area contributed by atoms with Gasteiger partial charge in [-0.2, -0.15) is 5.10 Å². The van der Waals surface area contributed by atoms with Gasteiger partial charge in [0.05, 0.1) is 12.2 Å². The van der Waals surface area contributed by atoms with Crippen molar-refractivity contribution in [3.8, 4) is 11.5 Å². The third-order valence-electron chi connectivity index (χ3n) is 5.78. The Morgan fingerprint density at radius 1 is 1.03 bits per heavy atom. The monoisotopic (exact) mass is 396 g/mol. The number of carbonyl (C=O) groups is 2. The second-order valence-electron chi connectivity index (χ2n) is 7.85. The van der Waals surface area contributed by atoms with Crippen molar-refractivity contribution >= 4 is 17.6 Å². The molecule has 1 aromatic carbocycles. The number of hydrogen-bond acceptors (Lipinski definition) is 5. The van der Waals surface area contributed by atoms with Crippen molar-refractivity contribution in [2.24, 2.45) is 5.92 Å². The van der Waals surface area contributed by atoms with E-state index in [1.165, 1.54) is 0 Å². The van der Waals surface area contributed by atoms with Crippen LogP contribution in [0.1, 0.15) is 31.7 Å². The molecule has 2 aromatic rings. The van der Waals surface area contributed by atoms with Crippen molar-refractivity contribution in [3.63, 3.8) is 0 Å². The zero-order chi connectivity index (χ0) is 19.8. The number of amides is 2. The van der Waals surface area contributed by atoms with Gasteiger partial charge in [-0.25, -0.2) is 4.68 Å². The van der Waals surface area contributed by atoms with Crippen molar-refractivity contribution in [2.45, 2.75) is 37.8 Å². The van der Waals surface area contributed by atoms with Gasteiger partial charge in [0.1, 0.15) is 12.4 Å². The Morgan fingerprint density at radius 2 is 1.79 bits per heavy atom. The van der Waals surface area contributed by atoms with E-state index in [9.17, 15) is 9.59 Å². The molecule has 0 unspecified atom stereocenters. The number of piperidine rings is 1. The molecule has 8 heteroatoms. The van der Waals surface area contributed by atoms with Gasteiger partial charge < -0.3 is 19.7 Å². The fraction of sp³-hybridized carbons (Fsp3) is 0.476. The van der Waals surface area contributed by atoms with Crippen molar-refractivity contribution in [3.05, 3.63) is 36.5 Å². The third-order valence-corrected chi connectivity index (χ3v) is 5.78. The Morgan fingerprint density at radius 3 is 2.55 bits per heavy atom. The van der Waals surface area contributed by atoms with Crippen LogP contribution < -0.4 is 14.8 Å². The number of fused-ring (bicyclic) bond motifs is 1. The number of rotatable bonds is 4. The molecule has 0 bridgehead atoms. The molecule has 0 radical (unpaired) electrons. The maximum atomic E-state index is 12.9. The fourth-order valence-electron chi connectivity index (χ4n) is 3.95. The predicted octanol–water partition coefficient (Wildman–Crippen LogP) is 2.24. The summed E-state index contributed by atoms with van der Waals surface area (Å²) in [4.78, 5) is 26.8. The quantitative estimate of drug-likeness (QED) is 0.857. The molecular formula is C21H24N4O4. The Bertz CT molecular complexity index is 915. The summed E-state index contributed by atoms with van der Waals surface area (Å²) in [6, 6.07) is 9.40. The van der Waals surface area contributed by atoms with Gasteiger partial charge in [-0.3, -0.25) is 9.59 Å². The molecule has 2 amide bonds. The van der Waals surface area contributed by atoms with E-state index in [0.29, 0.717) is 24.6 Å². The van der Waals surface area contributed by atoms with Gasteiger partial charge >= 0.3 is 0 Å². The highest BCUT2D eigenvalue weighted by atomic mass is 16.6. The molecule has 8 nitrogen and oxygen atoms in total. The molecule has 1 N–H and O–H groups in total. The summed E-state index contributed by atoms with van der Waals surface area (Å²) in [6.07, 6.45) is 4.60. The van der Waals surface area contributed by atoms with Gasteiger partial charge in [-0.05, 0) is 37.8 Å². The largest absolute Gasteiger partial charge is 0.485 e. The maximum absolute atomic E-state index is 12.9. The average molecular weight is 396 g/mol. The standard InChI is InChI=1S/C21H24N4O4/c26-20(14-5-6-14)23-19-7-10-22-25(19)15-8-11-24(12-9-15)21(27)18-13-28-16-3-1-2-4-17(16)29-18/h1-4,7,10,14-15,18H,5-6,8-9,11-13H2,(H,23,26)/t18-/m0/s1. The molecule has 3 heterocycles. The minimum absolute atomic E-state index is 0.0410. The number of benzene rings is 1. The van der Waals surface area contributed by atoms with Gasteiger partial charge in [0.2, 0.25) is 12.0 Å². The smallest absolute Gasteiger partial charge is 0.267 e. The summed E-state index contributed by atoms with van der Waals surface area (Å²) < 4.78 is 13.4. The van der Waals surface area contributed by atoms with Crippen LogP contribution in [0, 0.1) is 5.92 Å². The first-order valence-corrected chi connectivity index (χ1v) is 10.2. The van der Waals surface area contributed by atoms with Crippen molar-refractivity contribution < 1.29 is 19.1 Å². The average Bonchev–Trinajstić information content (AvgIpc) is 3.53. The lowest BCUT2D eigenvalue weighted by Crippen LogP contribution is -2.49. The lowest BCUT2D eigenvalue weighted by molar-refractivity contribution is -0.142. The first-order valence-electron chi connectivity index (χ1n) is 10.2. The van der Waals surface area contributed by atoms with E-state index in [1.54, 1.807) is 6.20 Å². The predicted molar refractivity (Wildman–Crippen MR) is 105 cm³/mol. The van der Waals surface area contributed by atoms with Gasteiger partial charge in [0.25, 0.3) is 5.91 Å². The minimum atomic E-state index is -0.612. The number of hydrogen-bond donors (Lipinski definition) is 1. The van der Waals surface area contributed by atoms with E-state index in [2.05, 4.69) is 10.4 Å². The highest BCUT2D eigenvalue weighted by molar-refractivity contribution is 5.93. The number of para-hydroxylation sites is 2. The van der Waals surface area contributed by atoms with E-state index < -0.39 is 6.10 Å². The Hall–Kier alpha value is -3.03. The van der Waals surface area contributed by atoms with Crippen LogP contribution in [0.4, 0.5) is 5.82 Å². The van der Waals surface area contributed by atoms with Crippen LogP contribution in [0.15, 0.2) is 36.5 Å². The number of likely N-dealkylation sites (tertiary alicyclic amines) is 1. The van der Waals surface area contributed by atoms with Gasteiger partial charge in [-0.1, -0.05) is 12.1 Å². The van der Waals surface area contributed by atoms with Gasteiger partial charge in [0.15, 0.2) is 11.5 Å². The summed E-state index contributed by atoms with van der Waals surface area (Å²) >= 11 is 0. The summed E-state index contributed by atoms with van der Waals surface area (Å²) in [6.45, 7) is 1.48. The maximum Gasteiger partial charge on any atom is 0.267 e. The third kappa shape index (κ3) is 3.66. The van der Waals surface area contributed by atoms with Gasteiger partial charge in [0, 0.05) is 25.1 Å². The molecule has 2 aliphatic heterocycles. The molecule has 1 saturated carbocycles. The molecule has 1 saturated heterocycles. The topological polar surface area (TPSA) is 85.7 Å². The fourth-order valence-corrected chi connectivity index (χ4v) is 3.95. The van der Waals surface area contributed by atoms with Crippen LogP contribution in [0.2, 0.25) is 0 Å². The molecule has 1 aliphatic carbocycles. The molecular weight excluding hydrogens is 372 g/mol. The number of carbonyl (C=O) groups excluding carboxylic acids is 2. The van der Waals surface area contributed by atoms with Crippen LogP contribution in [-0.4, -0.2) is 52.3 Å². The van der Waals surface area contributed by atoms with Crippen LogP contribution in [0.5, 0.6) is 11.5 Å². The summed E-state index contributed by atoms with van der Waals surface area (Å²) in [5, 5.41) is 7.40. The highest BCUT2D eigenvalue weighted by Gasteiger charge is 2.34. The molecule has 1 aromatic heterocycles. The molecule has 3 aliphatic rings. The van der Waals surface area contributed by atoms with Crippen LogP contribution >= 0.6 is 0 Å². The van der Waals surface area contributed by atoms with Crippen molar-refractivity contribution in [1.82, 2.24) is 14.7 Å². The van der Waals surface area contributed by atoms with E-state index in [4.69, 9.17) is 9.47 Å². The van der Waals surface area contributed by atoms with Crippen molar-refractivity contribution in [2.75, 3.05) is 25.0 Å². The summed E-state index contributed by atoms with van der Waals surface area (Å²) in [7, 11) is 0. The second kappa shape index (κ2) is 7.42. The van der Waals surface area contributed by atoms with Crippen LogP contribution in [-0.2, 0) is 9.59 Å². The number of ether oxygens (including phenoxy) is 2. The molecule has 152 valence electrons. The Kier molecular flexibility index (Phi) is 4.61. The number of anilines is 1. The van der Waals surface area contributed by atoms with E-state index >= 15 is 0 Å². The number of aromatic nitrogens is 2. The van der Waals surface area contributed by atoms with E-state index in [0.717, 1.165) is 31.5 Å². The number of nitrogens with zero attached hydrogens (tertiary/aromatic N) is 3. The van der Waals surface area contributed by atoms with E-state index in [-0.39, 0.29) is 30.4 Å². The minimum Gasteiger partial charge on any atom is -0.485 e. The zero-order valence-corrected chi connectivity index (χ0v) is 16.1. The SMILES string of the molecule is O=C(Nc1ccnn1C1CCN(C(=O)[C@@H]2COc3ccccc3O2)CC1)C1CC1. The molecule has 0 spiro atoms. The molecule has 29 heavy (non-hydrogen) atoms. The molecule has 1 atom stereocenters. The Labute approximate surface area is 168 Å². The van der Waals surface area contributed by atoms with Crippen molar-refractivity contribution in [1.29, 1.82) is 0 Å². The second-order valence-corrected chi connectivity index (χ2v) is 7.85. The zero-order valence-electron chi connectivity index (χ0n) is 16.1. The summed E-state index contributed by atoms with van der Waals surface area (Å²) in [5.74, 6) is 2.22. The van der Waals surface area contributed by atoms with Crippen LogP contribution in [0.3, 0.4) is 0 Å². The lowest BCUT2D eigenvalue weighted by atomic mass is 10.0. The van der Waals surface area contributed by atoms with Gasteiger partial charge in [-0.15, -0.1) is 0 Å². The lowest BCUT2D eigenvalue weighted by Gasteiger charge is -2.35. The number of nitrogens with one attached hydrogen (secondary N) is 1. The van der Waals surface area contributed by atoms with E-state index in [1.807, 2.05) is 39.9 Å². The Balaban J connectivity index is 1.19. The molecule has 2 fully saturated rings. The summed E-state index contributed by atoms with van der Waals surface area (Å²) in [5.41, 5.74) is 0. The van der Waals surface area contributed by atoms with Crippen LogP contribution in [0.25, 0.3) is 0 Å². The molecule has 5 rings (SSSR count).